The van der Waals surface area contributed by atoms with E-state index in [1.165, 1.54) is 55.2 Å². The Kier molecular flexibility index (Phi) is 5.08. The van der Waals surface area contributed by atoms with E-state index < -0.39 is 0 Å². The van der Waals surface area contributed by atoms with Gasteiger partial charge in [0.25, 0.3) is 0 Å². The van der Waals surface area contributed by atoms with Crippen molar-refractivity contribution in [2.75, 3.05) is 7.11 Å². The number of para-hydroxylation sites is 1. The third-order valence-electron chi connectivity index (χ3n) is 8.03. The minimum absolute atomic E-state index is 0.278. The lowest BCUT2D eigenvalue weighted by molar-refractivity contribution is -0.118. The molecule has 0 heterocycles. The summed E-state index contributed by atoms with van der Waals surface area (Å²) in [5, 5.41) is 4.06. The maximum atomic E-state index is 6.35. The maximum Gasteiger partial charge on any atom is 0.166 e. The van der Waals surface area contributed by atoms with Crippen LogP contribution in [0.2, 0.25) is 0 Å². The molecule has 4 saturated carbocycles. The molecule has 4 aliphatic rings. The lowest BCUT2D eigenvalue weighted by atomic mass is 9.43. The number of benzene rings is 2. The number of aryl methyl sites for hydroxylation is 1. The van der Waals surface area contributed by atoms with Crippen LogP contribution >= 0.6 is 0 Å². The van der Waals surface area contributed by atoms with Crippen LogP contribution in [0.5, 0.6) is 11.5 Å². The molecule has 2 aromatic carbocycles. The van der Waals surface area contributed by atoms with Crippen molar-refractivity contribution in [1.82, 2.24) is 5.32 Å². The molecule has 0 saturated heterocycles. The first-order chi connectivity index (χ1) is 14.8. The van der Waals surface area contributed by atoms with Crippen LogP contribution in [0.4, 0.5) is 0 Å². The van der Waals surface area contributed by atoms with Gasteiger partial charge in [-0.2, -0.15) is 0 Å². The van der Waals surface area contributed by atoms with Crippen LogP contribution in [0, 0.1) is 23.7 Å². The molecule has 2 atom stereocenters. The Hall–Kier alpha value is -2.00. The second-order valence-corrected chi connectivity index (χ2v) is 11.5. The molecule has 6 rings (SSSR count). The van der Waals surface area contributed by atoms with Gasteiger partial charge in [-0.05, 0) is 73.8 Å². The summed E-state index contributed by atoms with van der Waals surface area (Å²) < 4.78 is 12.0. The van der Waals surface area contributed by atoms with E-state index in [2.05, 4.69) is 62.5 Å². The Morgan fingerprint density at radius 1 is 0.968 bits per heavy atom. The summed E-state index contributed by atoms with van der Waals surface area (Å²) in [4.78, 5) is 0. The van der Waals surface area contributed by atoms with Crippen molar-refractivity contribution in [2.24, 2.45) is 16.7 Å². The topological polar surface area (TPSA) is 30.5 Å². The maximum absolute atomic E-state index is 6.35. The van der Waals surface area contributed by atoms with Crippen molar-refractivity contribution in [3.05, 3.63) is 59.2 Å². The molecule has 4 fully saturated rings. The third kappa shape index (κ3) is 4.09. The first kappa shape index (κ1) is 20.9. The Bertz CT molecular complexity index is 949. The van der Waals surface area contributed by atoms with E-state index in [4.69, 9.17) is 9.47 Å². The standard InChI is InChI=1S/C28H37NO2/c1-20-7-5-8-21(11-20)16-31-25-23(9-6-10-24(25)30-4)15-29-28-14-22-12-26(2,18-28)17-27(3,13-22)19-28/h5-11,22,29H,12-19H2,1-4H3. The zero-order valence-electron chi connectivity index (χ0n) is 19.6. The highest BCUT2D eigenvalue weighted by molar-refractivity contribution is 5.47. The highest BCUT2D eigenvalue weighted by Crippen LogP contribution is 2.66. The summed E-state index contributed by atoms with van der Waals surface area (Å²) in [5.41, 5.74) is 4.94. The molecule has 0 amide bonds. The third-order valence-corrected chi connectivity index (χ3v) is 8.03. The Balaban J connectivity index is 1.35. The van der Waals surface area contributed by atoms with E-state index in [1.54, 1.807) is 7.11 Å². The Morgan fingerprint density at radius 3 is 2.39 bits per heavy atom. The van der Waals surface area contributed by atoms with Crippen LogP contribution in [0.1, 0.15) is 69.1 Å². The fraction of sp³-hybridized carbons (Fsp3) is 0.571. The van der Waals surface area contributed by atoms with Gasteiger partial charge in [0.1, 0.15) is 6.61 Å². The molecule has 0 radical (unpaired) electrons. The van der Waals surface area contributed by atoms with Gasteiger partial charge in [-0.15, -0.1) is 0 Å². The highest BCUT2D eigenvalue weighted by atomic mass is 16.5. The average Bonchev–Trinajstić information content (AvgIpc) is 2.68. The Morgan fingerprint density at radius 2 is 1.71 bits per heavy atom. The summed E-state index contributed by atoms with van der Waals surface area (Å²) in [6, 6.07) is 14.8. The predicted molar refractivity (Wildman–Crippen MR) is 125 cm³/mol. The summed E-state index contributed by atoms with van der Waals surface area (Å²) in [5.74, 6) is 2.58. The van der Waals surface area contributed by atoms with E-state index in [9.17, 15) is 0 Å². The number of nitrogens with one attached hydrogen (secondary N) is 1. The fourth-order valence-electron chi connectivity index (χ4n) is 7.91. The first-order valence-corrected chi connectivity index (χ1v) is 11.9. The summed E-state index contributed by atoms with van der Waals surface area (Å²) in [6.45, 7) is 8.58. The van der Waals surface area contributed by atoms with Crippen molar-refractivity contribution >= 4 is 0 Å². The van der Waals surface area contributed by atoms with Crippen LogP contribution in [-0.4, -0.2) is 12.6 Å². The molecule has 1 N–H and O–H groups in total. The molecule has 0 aliphatic heterocycles. The van der Waals surface area contributed by atoms with Gasteiger partial charge in [-0.3, -0.25) is 0 Å². The van der Waals surface area contributed by atoms with Gasteiger partial charge >= 0.3 is 0 Å². The molecule has 31 heavy (non-hydrogen) atoms. The molecule has 4 aliphatic carbocycles. The molecule has 4 bridgehead atoms. The average molecular weight is 420 g/mol. The molecule has 2 unspecified atom stereocenters. The van der Waals surface area contributed by atoms with Crippen LogP contribution in [0.25, 0.3) is 0 Å². The minimum Gasteiger partial charge on any atom is -0.493 e. The first-order valence-electron chi connectivity index (χ1n) is 11.9. The lowest BCUT2D eigenvalue weighted by Crippen LogP contribution is -2.63. The lowest BCUT2D eigenvalue weighted by Gasteiger charge is -2.65. The van der Waals surface area contributed by atoms with Crippen LogP contribution in [-0.2, 0) is 13.2 Å². The van der Waals surface area contributed by atoms with E-state index in [0.717, 1.165) is 24.0 Å². The minimum atomic E-state index is 0.278. The van der Waals surface area contributed by atoms with Gasteiger partial charge in [0.15, 0.2) is 11.5 Å². The molecule has 0 aromatic heterocycles. The van der Waals surface area contributed by atoms with Gasteiger partial charge in [-0.1, -0.05) is 55.8 Å². The van der Waals surface area contributed by atoms with Gasteiger partial charge in [-0.25, -0.2) is 0 Å². The predicted octanol–water partition coefficient (Wildman–Crippen LogP) is 6.42. The van der Waals surface area contributed by atoms with Crippen molar-refractivity contribution in [3.63, 3.8) is 0 Å². The van der Waals surface area contributed by atoms with Crippen LogP contribution in [0.3, 0.4) is 0 Å². The van der Waals surface area contributed by atoms with E-state index in [-0.39, 0.29) is 5.54 Å². The quantitative estimate of drug-likeness (QED) is 0.561. The van der Waals surface area contributed by atoms with Crippen molar-refractivity contribution in [2.45, 2.75) is 78.0 Å². The number of rotatable bonds is 7. The molecule has 166 valence electrons. The number of hydrogen-bond donors (Lipinski definition) is 1. The molecule has 0 spiro atoms. The van der Waals surface area contributed by atoms with Crippen LogP contribution in [0.15, 0.2) is 42.5 Å². The van der Waals surface area contributed by atoms with Crippen LogP contribution < -0.4 is 14.8 Å². The molecule has 3 heteroatoms. The van der Waals surface area contributed by atoms with Crippen molar-refractivity contribution < 1.29 is 9.47 Å². The largest absolute Gasteiger partial charge is 0.493 e. The number of ether oxygens (including phenoxy) is 2. The molecular weight excluding hydrogens is 382 g/mol. The van der Waals surface area contributed by atoms with Crippen molar-refractivity contribution in [1.29, 1.82) is 0 Å². The van der Waals surface area contributed by atoms with Gasteiger partial charge in [0, 0.05) is 17.6 Å². The second kappa shape index (κ2) is 7.55. The molecule has 2 aromatic rings. The Labute approximate surface area is 187 Å². The molecular formula is C28H37NO2. The number of hydrogen-bond acceptors (Lipinski definition) is 3. The fourth-order valence-corrected chi connectivity index (χ4v) is 7.91. The number of methoxy groups -OCH3 is 1. The second-order valence-electron chi connectivity index (χ2n) is 11.5. The van der Waals surface area contributed by atoms with E-state index >= 15 is 0 Å². The highest BCUT2D eigenvalue weighted by Gasteiger charge is 2.59. The van der Waals surface area contributed by atoms with Crippen molar-refractivity contribution in [3.8, 4) is 11.5 Å². The smallest absolute Gasteiger partial charge is 0.166 e. The summed E-state index contributed by atoms with van der Waals surface area (Å²) in [6.07, 6.45) is 8.22. The summed E-state index contributed by atoms with van der Waals surface area (Å²) in [7, 11) is 1.73. The van der Waals surface area contributed by atoms with Gasteiger partial charge in [0.05, 0.1) is 7.11 Å². The normalized spacial score (nSPS) is 33.5. The van der Waals surface area contributed by atoms with E-state index in [0.29, 0.717) is 17.4 Å². The zero-order chi connectivity index (χ0) is 21.7. The SMILES string of the molecule is COc1cccc(CNC23CC4CC(C)(CC(C)(C4)C2)C3)c1OCc1cccc(C)c1. The molecule has 3 nitrogen and oxygen atoms in total. The van der Waals surface area contributed by atoms with E-state index in [1.807, 2.05) is 6.07 Å². The van der Waals surface area contributed by atoms with Gasteiger partial charge in [0.2, 0.25) is 0 Å². The van der Waals surface area contributed by atoms with Gasteiger partial charge < -0.3 is 14.8 Å². The zero-order valence-corrected chi connectivity index (χ0v) is 19.6. The summed E-state index contributed by atoms with van der Waals surface area (Å²) >= 11 is 0. The monoisotopic (exact) mass is 419 g/mol.